The van der Waals surface area contributed by atoms with E-state index < -0.39 is 0 Å². The predicted octanol–water partition coefficient (Wildman–Crippen LogP) is 4.63. The average molecular weight is 434 g/mol. The monoisotopic (exact) mass is 433 g/mol. The van der Waals surface area contributed by atoms with E-state index in [0.717, 1.165) is 44.8 Å². The first-order valence-corrected chi connectivity index (χ1v) is 11.8. The van der Waals surface area contributed by atoms with Crippen LogP contribution in [0.4, 0.5) is 5.82 Å². The Morgan fingerprint density at radius 1 is 1.19 bits per heavy atom. The van der Waals surface area contributed by atoms with E-state index in [1.54, 1.807) is 12.3 Å². The van der Waals surface area contributed by atoms with Gasteiger partial charge >= 0.3 is 0 Å². The SMILES string of the molecule is CCNC(=O)c1ccnc(N2CCC3(CC2)OCCc2sc(-c4ccccc4)cc23)c1. The summed E-state index contributed by atoms with van der Waals surface area (Å²) in [6.07, 6.45) is 4.58. The highest BCUT2D eigenvalue weighted by Crippen LogP contribution is 2.47. The number of ether oxygens (including phenoxy) is 1. The number of thiophene rings is 1. The molecule has 0 saturated carbocycles. The lowest BCUT2D eigenvalue weighted by atomic mass is 9.82. The number of aromatic nitrogens is 1. The fourth-order valence-electron chi connectivity index (χ4n) is 4.67. The molecule has 4 heterocycles. The van der Waals surface area contributed by atoms with Gasteiger partial charge in [0.2, 0.25) is 0 Å². The number of fused-ring (bicyclic) bond motifs is 2. The van der Waals surface area contributed by atoms with Crippen molar-refractivity contribution in [3.05, 3.63) is 70.7 Å². The van der Waals surface area contributed by atoms with Gasteiger partial charge in [-0.1, -0.05) is 30.3 Å². The Bertz CT molecular complexity index is 1070. The molecule has 0 unspecified atom stereocenters. The number of nitrogens with one attached hydrogen (secondary N) is 1. The highest BCUT2D eigenvalue weighted by molar-refractivity contribution is 7.15. The zero-order valence-corrected chi connectivity index (χ0v) is 18.6. The summed E-state index contributed by atoms with van der Waals surface area (Å²) in [5.74, 6) is 0.816. The molecule has 0 bridgehead atoms. The van der Waals surface area contributed by atoms with Crippen LogP contribution in [-0.2, 0) is 16.8 Å². The first kappa shape index (κ1) is 20.2. The van der Waals surface area contributed by atoms with Crippen molar-refractivity contribution in [1.29, 1.82) is 0 Å². The Kier molecular flexibility index (Phi) is 5.50. The molecule has 1 spiro atoms. The molecule has 0 radical (unpaired) electrons. The van der Waals surface area contributed by atoms with Crippen molar-refractivity contribution >= 4 is 23.1 Å². The number of piperidine rings is 1. The highest BCUT2D eigenvalue weighted by atomic mass is 32.1. The van der Waals surface area contributed by atoms with E-state index in [1.165, 1.54) is 20.9 Å². The lowest BCUT2D eigenvalue weighted by Crippen LogP contribution is -2.46. The second kappa shape index (κ2) is 8.44. The number of amides is 1. The average Bonchev–Trinajstić information content (AvgIpc) is 3.27. The van der Waals surface area contributed by atoms with Crippen molar-refractivity contribution in [2.45, 2.75) is 31.8 Å². The molecule has 31 heavy (non-hydrogen) atoms. The van der Waals surface area contributed by atoms with Gasteiger partial charge < -0.3 is 15.0 Å². The minimum absolute atomic E-state index is 0.0494. The second-order valence-electron chi connectivity index (χ2n) is 8.16. The summed E-state index contributed by atoms with van der Waals surface area (Å²) in [6.45, 7) is 5.06. The molecule has 3 aromatic rings. The van der Waals surface area contributed by atoms with Gasteiger partial charge in [0.25, 0.3) is 5.91 Å². The minimum atomic E-state index is -0.204. The van der Waals surface area contributed by atoms with E-state index in [0.29, 0.717) is 12.1 Å². The van der Waals surface area contributed by atoms with Crippen LogP contribution in [0.25, 0.3) is 10.4 Å². The third kappa shape index (κ3) is 3.86. The van der Waals surface area contributed by atoms with Crippen LogP contribution in [-0.4, -0.2) is 37.1 Å². The van der Waals surface area contributed by atoms with Crippen LogP contribution in [0.5, 0.6) is 0 Å². The van der Waals surface area contributed by atoms with Gasteiger partial charge in [-0.3, -0.25) is 4.79 Å². The van der Waals surface area contributed by atoms with E-state index in [1.807, 2.05) is 24.3 Å². The summed E-state index contributed by atoms with van der Waals surface area (Å²) in [7, 11) is 0. The van der Waals surface area contributed by atoms with Crippen LogP contribution < -0.4 is 10.2 Å². The molecule has 5 rings (SSSR count). The molecule has 160 valence electrons. The Morgan fingerprint density at radius 3 is 2.77 bits per heavy atom. The molecule has 2 aromatic heterocycles. The van der Waals surface area contributed by atoms with Crippen molar-refractivity contribution in [1.82, 2.24) is 10.3 Å². The molecule has 6 heteroatoms. The number of pyridine rings is 1. The zero-order chi connectivity index (χ0) is 21.3. The second-order valence-corrected chi connectivity index (χ2v) is 9.29. The van der Waals surface area contributed by atoms with Gasteiger partial charge in [-0.2, -0.15) is 0 Å². The highest BCUT2D eigenvalue weighted by Gasteiger charge is 2.42. The van der Waals surface area contributed by atoms with E-state index in [2.05, 4.69) is 51.6 Å². The number of benzene rings is 1. The predicted molar refractivity (Wildman–Crippen MR) is 125 cm³/mol. The van der Waals surface area contributed by atoms with Crippen LogP contribution in [0.15, 0.2) is 54.7 Å². The molecule has 5 nitrogen and oxygen atoms in total. The van der Waals surface area contributed by atoms with Crippen LogP contribution >= 0.6 is 11.3 Å². The smallest absolute Gasteiger partial charge is 0.251 e. The molecule has 1 N–H and O–H groups in total. The number of carbonyl (C=O) groups excluding carboxylic acids is 1. The van der Waals surface area contributed by atoms with Crippen molar-refractivity contribution in [3.8, 4) is 10.4 Å². The van der Waals surface area contributed by atoms with E-state index in [-0.39, 0.29) is 11.5 Å². The lowest BCUT2D eigenvalue weighted by Gasteiger charge is -2.44. The third-order valence-corrected chi connectivity index (χ3v) is 7.55. The summed E-state index contributed by atoms with van der Waals surface area (Å²) < 4.78 is 6.46. The Balaban J connectivity index is 1.36. The maximum absolute atomic E-state index is 12.2. The normalized spacial score (nSPS) is 17.4. The van der Waals surface area contributed by atoms with Gasteiger partial charge in [-0.15, -0.1) is 11.3 Å². The quantitative estimate of drug-likeness (QED) is 0.652. The van der Waals surface area contributed by atoms with Crippen LogP contribution in [0, 0.1) is 0 Å². The number of carbonyl (C=O) groups is 1. The minimum Gasteiger partial charge on any atom is -0.370 e. The molecule has 1 fully saturated rings. The van der Waals surface area contributed by atoms with Crippen LogP contribution in [0.3, 0.4) is 0 Å². The van der Waals surface area contributed by atoms with Gasteiger partial charge in [0, 0.05) is 47.6 Å². The Morgan fingerprint density at radius 2 is 2.00 bits per heavy atom. The number of hydrogen-bond donors (Lipinski definition) is 1. The Labute approximate surface area is 187 Å². The number of anilines is 1. The maximum atomic E-state index is 12.2. The van der Waals surface area contributed by atoms with Gasteiger partial charge in [0.15, 0.2) is 0 Å². The molecular formula is C25H27N3O2S. The summed E-state index contributed by atoms with van der Waals surface area (Å²) in [4.78, 5) is 21.8. The number of nitrogens with zero attached hydrogens (tertiary/aromatic N) is 2. The molecule has 0 atom stereocenters. The largest absolute Gasteiger partial charge is 0.370 e. The Hall–Kier alpha value is -2.70. The van der Waals surface area contributed by atoms with Crippen LogP contribution in [0.1, 0.15) is 40.6 Å². The van der Waals surface area contributed by atoms with Gasteiger partial charge in [-0.25, -0.2) is 4.98 Å². The topological polar surface area (TPSA) is 54.5 Å². The van der Waals surface area contributed by atoms with E-state index in [4.69, 9.17) is 4.74 Å². The van der Waals surface area contributed by atoms with Crippen molar-refractivity contribution in [3.63, 3.8) is 0 Å². The molecule has 0 aliphatic carbocycles. The zero-order valence-electron chi connectivity index (χ0n) is 17.8. The molecule has 2 aliphatic heterocycles. The molecule has 1 amide bonds. The van der Waals surface area contributed by atoms with Crippen molar-refractivity contribution in [2.24, 2.45) is 0 Å². The van der Waals surface area contributed by atoms with Gasteiger partial charge in [-0.05, 0) is 49.1 Å². The summed E-state index contributed by atoms with van der Waals surface area (Å²) in [6, 6.07) is 16.6. The van der Waals surface area contributed by atoms with Gasteiger partial charge in [0.05, 0.1) is 12.2 Å². The first-order valence-electron chi connectivity index (χ1n) is 11.0. The van der Waals surface area contributed by atoms with Gasteiger partial charge in [0.1, 0.15) is 5.82 Å². The summed E-state index contributed by atoms with van der Waals surface area (Å²) >= 11 is 1.91. The number of hydrogen-bond acceptors (Lipinski definition) is 5. The molecule has 1 aromatic carbocycles. The molecule has 1 saturated heterocycles. The number of rotatable bonds is 4. The van der Waals surface area contributed by atoms with Crippen molar-refractivity contribution < 1.29 is 9.53 Å². The molecular weight excluding hydrogens is 406 g/mol. The first-order chi connectivity index (χ1) is 15.2. The van der Waals surface area contributed by atoms with E-state index in [9.17, 15) is 4.79 Å². The van der Waals surface area contributed by atoms with Crippen LogP contribution in [0.2, 0.25) is 0 Å². The summed E-state index contributed by atoms with van der Waals surface area (Å²) in [5.41, 5.74) is 3.12. The lowest BCUT2D eigenvalue weighted by molar-refractivity contribution is -0.0757. The maximum Gasteiger partial charge on any atom is 0.251 e. The van der Waals surface area contributed by atoms with E-state index >= 15 is 0 Å². The fraction of sp³-hybridized carbons (Fsp3) is 0.360. The van der Waals surface area contributed by atoms with Crippen molar-refractivity contribution in [2.75, 3.05) is 31.1 Å². The molecule has 2 aliphatic rings. The fourth-order valence-corrected chi connectivity index (χ4v) is 5.90. The third-order valence-electron chi connectivity index (χ3n) is 6.31. The standard InChI is InChI=1S/C25H27N3O2S/c1-2-26-24(29)19-8-12-27-23(16-19)28-13-10-25(11-14-28)20-17-22(18-6-4-3-5-7-18)31-21(20)9-15-30-25/h3-8,12,16-17H,2,9-11,13-15H2,1H3,(H,26,29). The summed E-state index contributed by atoms with van der Waals surface area (Å²) in [5, 5.41) is 2.86.